The molecule has 1 aliphatic heterocycles. The van der Waals surface area contributed by atoms with Gasteiger partial charge >= 0.3 is 0 Å². The van der Waals surface area contributed by atoms with Crippen LogP contribution >= 0.6 is 12.4 Å². The summed E-state index contributed by atoms with van der Waals surface area (Å²) in [6, 6.07) is 6.90. The number of hydrogen-bond donors (Lipinski definition) is 1. The zero-order valence-electron chi connectivity index (χ0n) is 13.8. The first kappa shape index (κ1) is 20.2. The third-order valence-electron chi connectivity index (χ3n) is 3.88. The van der Waals surface area contributed by atoms with E-state index in [4.69, 9.17) is 4.74 Å². The van der Waals surface area contributed by atoms with Crippen molar-refractivity contribution in [1.82, 2.24) is 9.62 Å². The van der Waals surface area contributed by atoms with Crippen LogP contribution in [-0.2, 0) is 10.0 Å². The fraction of sp³-hybridized carbons (Fsp3) is 0.625. The lowest BCUT2D eigenvalue weighted by Crippen LogP contribution is -2.46. The second-order valence-corrected chi connectivity index (χ2v) is 7.40. The van der Waals surface area contributed by atoms with Gasteiger partial charge in [-0.25, -0.2) is 8.42 Å². The van der Waals surface area contributed by atoms with E-state index in [9.17, 15) is 8.42 Å². The Bertz CT molecular complexity index is 574. The Labute approximate surface area is 145 Å². The summed E-state index contributed by atoms with van der Waals surface area (Å²) in [5.41, 5.74) is 0. The summed E-state index contributed by atoms with van der Waals surface area (Å²) >= 11 is 0. The Balaban J connectivity index is 0.00000264. The van der Waals surface area contributed by atoms with Gasteiger partial charge in [-0.1, -0.05) is 13.0 Å². The molecule has 0 spiro atoms. The first-order valence-corrected chi connectivity index (χ1v) is 9.49. The van der Waals surface area contributed by atoms with Crippen LogP contribution in [-0.4, -0.2) is 45.0 Å². The summed E-state index contributed by atoms with van der Waals surface area (Å²) in [5, 5.41) is 3.29. The highest BCUT2D eigenvalue weighted by Gasteiger charge is 2.31. The molecule has 0 aromatic heterocycles. The zero-order chi connectivity index (χ0) is 16.0. The molecular formula is C16H27ClN2O3S. The lowest BCUT2D eigenvalue weighted by Gasteiger charge is -2.33. The largest absolute Gasteiger partial charge is 0.494 e. The van der Waals surface area contributed by atoms with E-state index < -0.39 is 10.0 Å². The molecule has 2 rings (SSSR count). The molecule has 1 aromatic rings. The molecule has 0 aliphatic carbocycles. The van der Waals surface area contributed by atoms with Crippen LogP contribution in [0.2, 0.25) is 0 Å². The monoisotopic (exact) mass is 362 g/mol. The Morgan fingerprint density at radius 1 is 1.26 bits per heavy atom. The van der Waals surface area contributed by atoms with Gasteiger partial charge in [0.15, 0.2) is 0 Å². The number of ether oxygens (including phenoxy) is 1. The van der Waals surface area contributed by atoms with Crippen molar-refractivity contribution in [3.63, 3.8) is 0 Å². The summed E-state index contributed by atoms with van der Waals surface area (Å²) in [5.74, 6) is 0.602. The lowest BCUT2D eigenvalue weighted by atomic mass is 10.1. The molecule has 0 amide bonds. The molecule has 0 atom stereocenters. The summed E-state index contributed by atoms with van der Waals surface area (Å²) in [4.78, 5) is 0.324. The molecule has 0 unspecified atom stereocenters. The highest BCUT2D eigenvalue weighted by atomic mass is 35.5. The van der Waals surface area contributed by atoms with E-state index in [0.717, 1.165) is 32.4 Å². The molecule has 7 heteroatoms. The highest BCUT2D eigenvalue weighted by Crippen LogP contribution is 2.25. The molecule has 1 N–H and O–H groups in total. The number of sulfonamides is 1. The molecular weight excluding hydrogens is 336 g/mol. The van der Waals surface area contributed by atoms with Gasteiger partial charge in [-0.15, -0.1) is 12.4 Å². The maximum absolute atomic E-state index is 13.0. The van der Waals surface area contributed by atoms with Crippen LogP contribution in [0.4, 0.5) is 0 Å². The van der Waals surface area contributed by atoms with Gasteiger partial charge in [-0.05, 0) is 51.4 Å². The van der Waals surface area contributed by atoms with E-state index in [-0.39, 0.29) is 18.4 Å². The van der Waals surface area contributed by atoms with Crippen molar-refractivity contribution in [1.29, 1.82) is 0 Å². The fourth-order valence-corrected chi connectivity index (χ4v) is 4.65. The van der Waals surface area contributed by atoms with E-state index in [0.29, 0.717) is 23.8 Å². The average molecular weight is 363 g/mol. The van der Waals surface area contributed by atoms with Crippen molar-refractivity contribution in [2.75, 3.05) is 26.2 Å². The van der Waals surface area contributed by atoms with Crippen LogP contribution in [0.3, 0.4) is 0 Å². The molecule has 0 radical (unpaired) electrons. The second kappa shape index (κ2) is 9.47. The standard InChI is InChI=1S/C16H26N2O3S.ClH/c1-3-12-18(14-8-10-17-11-9-14)22(19,20)16-7-5-6-15(13-16)21-4-2;/h5-7,13-14,17H,3-4,8-12H2,1-2H3;1H. The summed E-state index contributed by atoms with van der Waals surface area (Å²) in [6.07, 6.45) is 2.54. The third kappa shape index (κ3) is 5.08. The first-order valence-electron chi connectivity index (χ1n) is 8.05. The molecule has 1 saturated heterocycles. The molecule has 23 heavy (non-hydrogen) atoms. The van der Waals surface area contributed by atoms with Crippen molar-refractivity contribution in [3.05, 3.63) is 24.3 Å². The van der Waals surface area contributed by atoms with E-state index in [2.05, 4.69) is 5.32 Å². The molecule has 1 fully saturated rings. The van der Waals surface area contributed by atoms with Gasteiger partial charge in [0.2, 0.25) is 10.0 Å². The Morgan fingerprint density at radius 2 is 1.96 bits per heavy atom. The molecule has 0 saturated carbocycles. The van der Waals surface area contributed by atoms with E-state index in [1.807, 2.05) is 13.8 Å². The van der Waals surface area contributed by atoms with E-state index in [1.54, 1.807) is 28.6 Å². The van der Waals surface area contributed by atoms with Crippen molar-refractivity contribution >= 4 is 22.4 Å². The predicted molar refractivity (Wildman–Crippen MR) is 94.9 cm³/mol. The van der Waals surface area contributed by atoms with Gasteiger partial charge < -0.3 is 10.1 Å². The fourth-order valence-electron chi connectivity index (χ4n) is 2.84. The molecule has 0 bridgehead atoms. The van der Waals surface area contributed by atoms with Crippen molar-refractivity contribution < 1.29 is 13.2 Å². The molecule has 5 nitrogen and oxygen atoms in total. The number of hydrogen-bond acceptors (Lipinski definition) is 4. The van der Waals surface area contributed by atoms with Crippen LogP contribution < -0.4 is 10.1 Å². The summed E-state index contributed by atoms with van der Waals surface area (Å²) < 4.78 is 33.2. The topological polar surface area (TPSA) is 58.6 Å². The van der Waals surface area contributed by atoms with Gasteiger partial charge in [0, 0.05) is 18.7 Å². The number of benzene rings is 1. The zero-order valence-corrected chi connectivity index (χ0v) is 15.5. The lowest BCUT2D eigenvalue weighted by molar-refractivity contribution is 0.262. The van der Waals surface area contributed by atoms with Crippen LogP contribution in [0.25, 0.3) is 0 Å². The van der Waals surface area contributed by atoms with Gasteiger partial charge in [-0.3, -0.25) is 0 Å². The number of halogens is 1. The van der Waals surface area contributed by atoms with Gasteiger partial charge in [0.05, 0.1) is 11.5 Å². The average Bonchev–Trinajstić information content (AvgIpc) is 2.54. The number of rotatable bonds is 7. The Kier molecular flexibility index (Phi) is 8.33. The number of piperidine rings is 1. The van der Waals surface area contributed by atoms with Crippen LogP contribution in [0.1, 0.15) is 33.1 Å². The van der Waals surface area contributed by atoms with Gasteiger partial charge in [0.1, 0.15) is 5.75 Å². The Morgan fingerprint density at radius 3 is 2.57 bits per heavy atom. The van der Waals surface area contributed by atoms with Crippen LogP contribution in [0, 0.1) is 0 Å². The minimum absolute atomic E-state index is 0. The third-order valence-corrected chi connectivity index (χ3v) is 5.83. The van der Waals surface area contributed by atoms with E-state index >= 15 is 0 Å². The van der Waals surface area contributed by atoms with E-state index in [1.165, 1.54) is 0 Å². The van der Waals surface area contributed by atoms with Gasteiger partial charge in [-0.2, -0.15) is 4.31 Å². The van der Waals surface area contributed by atoms with Crippen LogP contribution in [0.15, 0.2) is 29.2 Å². The molecule has 132 valence electrons. The first-order chi connectivity index (χ1) is 10.6. The molecule has 1 heterocycles. The minimum atomic E-state index is -3.48. The van der Waals surface area contributed by atoms with Crippen molar-refractivity contribution in [3.8, 4) is 5.75 Å². The summed E-state index contributed by atoms with van der Waals surface area (Å²) in [7, 11) is -3.48. The van der Waals surface area contributed by atoms with Gasteiger partial charge in [0.25, 0.3) is 0 Å². The smallest absolute Gasteiger partial charge is 0.243 e. The Hall–Kier alpha value is -0.820. The highest BCUT2D eigenvalue weighted by molar-refractivity contribution is 7.89. The number of nitrogens with one attached hydrogen (secondary N) is 1. The SMILES string of the molecule is CCCN(C1CCNCC1)S(=O)(=O)c1cccc(OCC)c1.Cl. The second-order valence-electron chi connectivity index (χ2n) is 5.50. The summed E-state index contributed by atoms with van der Waals surface area (Å²) in [6.45, 7) is 6.74. The van der Waals surface area contributed by atoms with Crippen molar-refractivity contribution in [2.24, 2.45) is 0 Å². The predicted octanol–water partition coefficient (Wildman–Crippen LogP) is 2.66. The molecule has 1 aromatic carbocycles. The normalized spacial score (nSPS) is 16.1. The minimum Gasteiger partial charge on any atom is -0.494 e. The molecule has 1 aliphatic rings. The number of nitrogens with zero attached hydrogens (tertiary/aromatic N) is 1. The van der Waals surface area contributed by atoms with Crippen molar-refractivity contribution in [2.45, 2.75) is 44.0 Å². The maximum atomic E-state index is 13.0. The quantitative estimate of drug-likeness (QED) is 0.810. The maximum Gasteiger partial charge on any atom is 0.243 e. The van der Waals surface area contributed by atoms with Crippen LogP contribution in [0.5, 0.6) is 5.75 Å².